The topological polar surface area (TPSA) is 66.4 Å². The molecule has 0 radical (unpaired) electrons. The van der Waals surface area contributed by atoms with Gasteiger partial charge in [-0.05, 0) is 47.7 Å². The van der Waals surface area contributed by atoms with Gasteiger partial charge in [-0.15, -0.1) is 0 Å². The van der Waals surface area contributed by atoms with Crippen LogP contribution < -0.4 is 5.32 Å². The molecule has 3 atom stereocenters. The van der Waals surface area contributed by atoms with E-state index >= 15 is 0 Å². The zero-order chi connectivity index (χ0) is 18.0. The summed E-state index contributed by atoms with van der Waals surface area (Å²) in [5, 5.41) is 12.5. The highest BCUT2D eigenvalue weighted by molar-refractivity contribution is 6.30. The summed E-state index contributed by atoms with van der Waals surface area (Å²) >= 11 is 5.98. The van der Waals surface area contributed by atoms with Crippen LogP contribution in [-0.2, 0) is 9.59 Å². The normalized spacial score (nSPS) is 19.9. The lowest BCUT2D eigenvalue weighted by molar-refractivity contribution is -0.137. The maximum Gasteiger partial charge on any atom is 0.305 e. The molecule has 0 heterocycles. The fourth-order valence-electron chi connectivity index (χ4n) is 2.99. The van der Waals surface area contributed by atoms with Crippen molar-refractivity contribution in [3.8, 4) is 0 Å². The third-order valence-electron chi connectivity index (χ3n) is 4.37. The largest absolute Gasteiger partial charge is 0.481 e. The number of benzene rings is 2. The Morgan fingerprint density at radius 2 is 1.96 bits per heavy atom. The van der Waals surface area contributed by atoms with E-state index in [1.165, 1.54) is 24.3 Å². The highest BCUT2D eigenvalue weighted by Crippen LogP contribution is 2.48. The molecule has 3 unspecified atom stereocenters. The second-order valence-corrected chi connectivity index (χ2v) is 6.65. The fraction of sp³-hybridized carbons (Fsp3) is 0.263. The average molecular weight is 362 g/mol. The summed E-state index contributed by atoms with van der Waals surface area (Å²) < 4.78 is 13.1. The van der Waals surface area contributed by atoms with E-state index in [0.717, 1.165) is 5.56 Å². The summed E-state index contributed by atoms with van der Waals surface area (Å²) in [6, 6.07) is 12.2. The number of halogens is 2. The Morgan fingerprint density at radius 1 is 1.24 bits per heavy atom. The monoisotopic (exact) mass is 361 g/mol. The first kappa shape index (κ1) is 17.4. The Hall–Kier alpha value is -2.40. The molecule has 2 N–H and O–H groups in total. The first-order valence-corrected chi connectivity index (χ1v) is 8.35. The van der Waals surface area contributed by atoms with E-state index in [9.17, 15) is 14.0 Å². The van der Waals surface area contributed by atoms with E-state index in [4.69, 9.17) is 16.7 Å². The number of aliphatic carboxylic acids is 1. The third kappa shape index (κ3) is 4.37. The first-order chi connectivity index (χ1) is 11.9. The van der Waals surface area contributed by atoms with Gasteiger partial charge in [0.05, 0.1) is 12.5 Å². The number of carbonyl (C=O) groups excluding carboxylic acids is 1. The van der Waals surface area contributed by atoms with Gasteiger partial charge in [-0.1, -0.05) is 35.9 Å². The molecule has 2 aromatic carbocycles. The highest BCUT2D eigenvalue weighted by Gasteiger charge is 2.44. The molecule has 1 saturated carbocycles. The van der Waals surface area contributed by atoms with Crippen molar-refractivity contribution < 1.29 is 19.1 Å². The van der Waals surface area contributed by atoms with Gasteiger partial charge in [0, 0.05) is 10.9 Å². The number of hydrogen-bond donors (Lipinski definition) is 2. The molecule has 130 valence electrons. The number of rotatable bonds is 6. The molecular formula is C19H17ClFNO3. The molecular weight excluding hydrogens is 345 g/mol. The summed E-state index contributed by atoms with van der Waals surface area (Å²) in [7, 11) is 0. The Bertz CT molecular complexity index is 794. The van der Waals surface area contributed by atoms with Crippen molar-refractivity contribution in [2.24, 2.45) is 5.92 Å². The van der Waals surface area contributed by atoms with Crippen LogP contribution in [0.2, 0.25) is 5.02 Å². The van der Waals surface area contributed by atoms with Crippen molar-refractivity contribution >= 4 is 23.5 Å². The van der Waals surface area contributed by atoms with Crippen molar-refractivity contribution in [1.82, 2.24) is 5.32 Å². The van der Waals surface area contributed by atoms with E-state index in [0.29, 0.717) is 17.0 Å². The fourth-order valence-corrected chi connectivity index (χ4v) is 3.19. The van der Waals surface area contributed by atoms with E-state index in [1.807, 2.05) is 18.2 Å². The molecule has 1 amide bonds. The highest BCUT2D eigenvalue weighted by atomic mass is 35.5. The zero-order valence-corrected chi connectivity index (χ0v) is 14.0. The first-order valence-electron chi connectivity index (χ1n) is 7.97. The second-order valence-electron chi connectivity index (χ2n) is 6.21. The number of carboxylic acid groups (broad SMARTS) is 1. The summed E-state index contributed by atoms with van der Waals surface area (Å²) in [5.74, 6) is -1.74. The average Bonchev–Trinajstić information content (AvgIpc) is 3.35. The van der Waals surface area contributed by atoms with E-state index in [2.05, 4.69) is 5.32 Å². The molecule has 1 fully saturated rings. The lowest BCUT2D eigenvalue weighted by Gasteiger charge is -2.17. The van der Waals surface area contributed by atoms with Gasteiger partial charge in [-0.3, -0.25) is 9.59 Å². The lowest BCUT2D eigenvalue weighted by Crippen LogP contribution is -2.31. The Morgan fingerprint density at radius 3 is 2.60 bits per heavy atom. The van der Waals surface area contributed by atoms with Crippen LogP contribution in [0.1, 0.15) is 35.9 Å². The number of carbonyl (C=O) groups is 2. The minimum absolute atomic E-state index is 0.0948. The maximum atomic E-state index is 13.1. The minimum atomic E-state index is -1.03. The SMILES string of the molecule is O=C(O)CC(NC(=O)C1CC1c1cccc(Cl)c1)c1ccc(F)cc1. The number of hydrogen-bond acceptors (Lipinski definition) is 2. The third-order valence-corrected chi connectivity index (χ3v) is 4.61. The van der Waals surface area contributed by atoms with Crippen molar-refractivity contribution in [1.29, 1.82) is 0 Å². The van der Waals surface area contributed by atoms with Crippen LogP contribution in [-0.4, -0.2) is 17.0 Å². The molecule has 0 aliphatic heterocycles. The van der Waals surface area contributed by atoms with Crippen LogP contribution in [0.3, 0.4) is 0 Å². The minimum Gasteiger partial charge on any atom is -0.481 e. The molecule has 0 saturated heterocycles. The van der Waals surface area contributed by atoms with Gasteiger partial charge >= 0.3 is 5.97 Å². The van der Waals surface area contributed by atoms with Crippen LogP contribution >= 0.6 is 11.6 Å². The lowest BCUT2D eigenvalue weighted by atomic mass is 10.0. The van der Waals surface area contributed by atoms with E-state index < -0.39 is 17.8 Å². The van der Waals surface area contributed by atoms with Crippen molar-refractivity contribution in [2.75, 3.05) is 0 Å². The van der Waals surface area contributed by atoms with Crippen LogP contribution in [0.5, 0.6) is 0 Å². The quantitative estimate of drug-likeness (QED) is 0.819. The molecule has 2 aromatic rings. The van der Waals surface area contributed by atoms with Crippen molar-refractivity contribution in [3.05, 3.63) is 70.5 Å². The number of carboxylic acids is 1. The summed E-state index contributed by atoms with van der Waals surface area (Å²) in [4.78, 5) is 23.6. The van der Waals surface area contributed by atoms with Crippen LogP contribution in [0.25, 0.3) is 0 Å². The van der Waals surface area contributed by atoms with Crippen LogP contribution in [0, 0.1) is 11.7 Å². The van der Waals surface area contributed by atoms with Crippen molar-refractivity contribution in [2.45, 2.75) is 24.8 Å². The van der Waals surface area contributed by atoms with Gasteiger partial charge in [0.25, 0.3) is 0 Å². The molecule has 6 heteroatoms. The molecule has 0 spiro atoms. The van der Waals surface area contributed by atoms with Crippen molar-refractivity contribution in [3.63, 3.8) is 0 Å². The van der Waals surface area contributed by atoms with Gasteiger partial charge in [-0.2, -0.15) is 0 Å². The second kappa shape index (κ2) is 7.23. The standard InChI is InChI=1S/C19H17ClFNO3/c20-13-3-1-2-12(8-13)15-9-16(15)19(25)22-17(10-18(23)24)11-4-6-14(21)7-5-11/h1-8,15-17H,9-10H2,(H,22,25)(H,23,24). The summed E-state index contributed by atoms with van der Waals surface area (Å²) in [6.07, 6.45) is 0.446. The molecule has 25 heavy (non-hydrogen) atoms. The van der Waals surface area contributed by atoms with Crippen LogP contribution in [0.15, 0.2) is 48.5 Å². The van der Waals surface area contributed by atoms with E-state index in [-0.39, 0.29) is 24.2 Å². The molecule has 0 aromatic heterocycles. The van der Waals surface area contributed by atoms with Gasteiger partial charge in [0.1, 0.15) is 5.82 Å². The van der Waals surface area contributed by atoms with Gasteiger partial charge < -0.3 is 10.4 Å². The van der Waals surface area contributed by atoms with Gasteiger partial charge in [0.15, 0.2) is 0 Å². The zero-order valence-electron chi connectivity index (χ0n) is 13.3. The van der Waals surface area contributed by atoms with Crippen LogP contribution in [0.4, 0.5) is 4.39 Å². The maximum absolute atomic E-state index is 13.1. The smallest absolute Gasteiger partial charge is 0.305 e. The summed E-state index contributed by atoms with van der Waals surface area (Å²) in [5.41, 5.74) is 1.57. The Labute approximate surface area is 149 Å². The molecule has 1 aliphatic rings. The Kier molecular flexibility index (Phi) is 5.04. The molecule has 3 rings (SSSR count). The Balaban J connectivity index is 1.69. The number of nitrogens with one attached hydrogen (secondary N) is 1. The predicted octanol–water partition coefficient (Wildman–Crippen LogP) is 3.91. The van der Waals surface area contributed by atoms with Gasteiger partial charge in [-0.25, -0.2) is 4.39 Å². The predicted molar refractivity (Wildman–Crippen MR) is 91.8 cm³/mol. The van der Waals surface area contributed by atoms with E-state index in [1.54, 1.807) is 6.07 Å². The molecule has 1 aliphatic carbocycles. The number of amides is 1. The van der Waals surface area contributed by atoms with Gasteiger partial charge in [0.2, 0.25) is 5.91 Å². The molecule has 0 bridgehead atoms. The molecule has 4 nitrogen and oxygen atoms in total. The summed E-state index contributed by atoms with van der Waals surface area (Å²) in [6.45, 7) is 0.